The normalized spacial score (nSPS) is 12.3. The molecule has 0 spiro atoms. The van der Waals surface area contributed by atoms with Crippen LogP contribution in [0.1, 0.15) is 23.2 Å². The molecule has 0 aliphatic rings. The summed E-state index contributed by atoms with van der Waals surface area (Å²) in [7, 11) is 0. The maximum Gasteiger partial charge on any atom is 0.434 e. The molecular weight excluding hydrogens is 549 g/mol. The fourth-order valence-corrected chi connectivity index (χ4v) is 2.86. The Kier molecular flexibility index (Phi) is 10.1. The van der Waals surface area contributed by atoms with Crippen LogP contribution in [0.5, 0.6) is 5.75 Å². The van der Waals surface area contributed by atoms with E-state index >= 15 is 0 Å². The van der Waals surface area contributed by atoms with Crippen LogP contribution >= 0.6 is 35.3 Å². The molecule has 1 aromatic carbocycles. The molecule has 2 N–H and O–H groups in total. The number of nitrogens with one attached hydrogen (secondary N) is 2. The van der Waals surface area contributed by atoms with Crippen LogP contribution in [-0.2, 0) is 19.3 Å². The highest BCUT2D eigenvalue weighted by molar-refractivity contribution is 14.0. The third-order valence-electron chi connectivity index (χ3n) is 3.36. The number of hydrogen-bond acceptors (Lipinski definition) is 4. The Morgan fingerprint density at radius 3 is 2.43 bits per heavy atom. The number of aliphatic imine (C=N–C) groups is 1. The molecule has 0 atom stereocenters. The minimum atomic E-state index is -4.51. The van der Waals surface area contributed by atoms with Gasteiger partial charge in [-0.05, 0) is 13.0 Å². The van der Waals surface area contributed by atoms with Gasteiger partial charge < -0.3 is 15.4 Å². The van der Waals surface area contributed by atoms with Gasteiger partial charge in [0.05, 0.1) is 13.1 Å². The minimum Gasteiger partial charge on any atom is -0.484 e. The van der Waals surface area contributed by atoms with Crippen molar-refractivity contribution in [1.82, 2.24) is 15.6 Å². The van der Waals surface area contributed by atoms with Crippen LogP contribution in [0.4, 0.5) is 26.3 Å². The van der Waals surface area contributed by atoms with E-state index in [1.165, 1.54) is 6.07 Å². The van der Waals surface area contributed by atoms with E-state index in [0.29, 0.717) is 12.1 Å². The molecule has 0 aliphatic heterocycles. The summed E-state index contributed by atoms with van der Waals surface area (Å²) >= 11 is 0.859. The molecule has 0 amide bonds. The molecule has 0 aliphatic carbocycles. The molecule has 5 nitrogen and oxygen atoms in total. The van der Waals surface area contributed by atoms with Gasteiger partial charge in [-0.2, -0.15) is 26.3 Å². The standard InChI is InChI=1S/C17H18F6N4OS.HI/c1-2-24-15(26-8-14-27-13(9-29-14)17(21,22)23)25-7-11-5-3-4-6-12(11)28-10-16(18,19)20;/h3-6,9H,2,7-8,10H2,1H3,(H2,24,25,26);1H. The zero-order valence-corrected chi connectivity index (χ0v) is 18.7. The van der Waals surface area contributed by atoms with E-state index in [4.69, 9.17) is 4.74 Å². The molecule has 1 heterocycles. The van der Waals surface area contributed by atoms with Crippen molar-refractivity contribution in [2.24, 2.45) is 4.99 Å². The van der Waals surface area contributed by atoms with Gasteiger partial charge in [0.25, 0.3) is 0 Å². The molecule has 2 aromatic rings. The monoisotopic (exact) mass is 568 g/mol. The van der Waals surface area contributed by atoms with Crippen molar-refractivity contribution in [3.63, 3.8) is 0 Å². The smallest absolute Gasteiger partial charge is 0.434 e. The number of thiazole rings is 1. The zero-order chi connectivity index (χ0) is 21.5. The van der Waals surface area contributed by atoms with Crippen LogP contribution in [-0.4, -0.2) is 30.3 Å². The first-order chi connectivity index (χ1) is 13.6. The number of alkyl halides is 6. The SMILES string of the molecule is CCNC(=NCc1ccccc1OCC(F)(F)F)NCc1nc(C(F)(F)F)cs1.I. The summed E-state index contributed by atoms with van der Waals surface area (Å²) in [5, 5.41) is 6.90. The second-order valence-corrected chi connectivity index (χ2v) is 6.63. The van der Waals surface area contributed by atoms with E-state index in [0.717, 1.165) is 16.7 Å². The lowest BCUT2D eigenvalue weighted by atomic mass is 10.2. The number of para-hydroxylation sites is 1. The van der Waals surface area contributed by atoms with Gasteiger partial charge >= 0.3 is 12.4 Å². The zero-order valence-electron chi connectivity index (χ0n) is 15.6. The molecule has 0 saturated carbocycles. The van der Waals surface area contributed by atoms with E-state index in [2.05, 4.69) is 20.6 Å². The Labute approximate surface area is 190 Å². The summed E-state index contributed by atoms with van der Waals surface area (Å²) in [4.78, 5) is 7.76. The fraction of sp³-hybridized carbons (Fsp3) is 0.412. The molecule has 2 rings (SSSR count). The highest BCUT2D eigenvalue weighted by atomic mass is 127. The largest absolute Gasteiger partial charge is 0.484 e. The molecule has 0 fully saturated rings. The summed E-state index contributed by atoms with van der Waals surface area (Å²) in [6.07, 6.45) is -8.97. The van der Waals surface area contributed by atoms with Crippen LogP contribution in [0.3, 0.4) is 0 Å². The van der Waals surface area contributed by atoms with E-state index in [1.54, 1.807) is 25.1 Å². The van der Waals surface area contributed by atoms with Crippen LogP contribution in [0, 0.1) is 0 Å². The molecule has 30 heavy (non-hydrogen) atoms. The van der Waals surface area contributed by atoms with Crippen molar-refractivity contribution in [1.29, 1.82) is 0 Å². The van der Waals surface area contributed by atoms with Crippen molar-refractivity contribution in [2.45, 2.75) is 32.4 Å². The first kappa shape index (κ1) is 26.3. The van der Waals surface area contributed by atoms with Crippen LogP contribution in [0.2, 0.25) is 0 Å². The van der Waals surface area contributed by atoms with Gasteiger partial charge in [0.2, 0.25) is 0 Å². The number of rotatable bonds is 7. The molecule has 0 radical (unpaired) electrons. The summed E-state index contributed by atoms with van der Waals surface area (Å²) in [6, 6.07) is 6.17. The molecule has 0 saturated heterocycles. The van der Waals surface area contributed by atoms with E-state index in [-0.39, 0.29) is 53.8 Å². The second kappa shape index (κ2) is 11.6. The van der Waals surface area contributed by atoms with E-state index in [9.17, 15) is 26.3 Å². The molecule has 1 aromatic heterocycles. The van der Waals surface area contributed by atoms with E-state index in [1.807, 2.05) is 0 Å². The van der Waals surface area contributed by atoms with Gasteiger partial charge in [-0.1, -0.05) is 18.2 Å². The lowest BCUT2D eigenvalue weighted by Crippen LogP contribution is -2.36. The number of halogens is 7. The summed E-state index contributed by atoms with van der Waals surface area (Å²) in [5.74, 6) is 0.334. The first-order valence-electron chi connectivity index (χ1n) is 8.39. The lowest BCUT2D eigenvalue weighted by molar-refractivity contribution is -0.153. The predicted octanol–water partition coefficient (Wildman–Crippen LogP) is 4.98. The van der Waals surface area contributed by atoms with Crippen LogP contribution < -0.4 is 15.4 Å². The number of ether oxygens (including phenoxy) is 1. The average Bonchev–Trinajstić information content (AvgIpc) is 3.12. The van der Waals surface area contributed by atoms with Crippen molar-refractivity contribution < 1.29 is 31.1 Å². The molecular formula is C17H19F6IN4OS. The Balaban J connectivity index is 0.00000450. The van der Waals surface area contributed by atoms with Gasteiger partial charge in [0.15, 0.2) is 18.3 Å². The summed E-state index contributed by atoms with van der Waals surface area (Å²) < 4.78 is 79.8. The Hall–Kier alpha value is -1.77. The minimum absolute atomic E-state index is 0. The molecule has 0 bridgehead atoms. The van der Waals surface area contributed by atoms with Gasteiger partial charge in [-0.3, -0.25) is 0 Å². The number of hydrogen-bond donors (Lipinski definition) is 2. The third kappa shape index (κ3) is 8.93. The molecule has 13 heteroatoms. The Morgan fingerprint density at radius 1 is 1.13 bits per heavy atom. The molecule has 168 valence electrons. The number of nitrogens with zero attached hydrogens (tertiary/aromatic N) is 2. The van der Waals surface area contributed by atoms with Gasteiger partial charge in [-0.25, -0.2) is 9.98 Å². The Morgan fingerprint density at radius 2 is 1.83 bits per heavy atom. The van der Waals surface area contributed by atoms with Crippen molar-refractivity contribution >= 4 is 41.3 Å². The summed E-state index contributed by atoms with van der Waals surface area (Å²) in [6.45, 7) is 0.873. The van der Waals surface area contributed by atoms with Crippen molar-refractivity contribution in [3.8, 4) is 5.75 Å². The number of aromatic nitrogens is 1. The fourth-order valence-electron chi connectivity index (χ4n) is 2.12. The highest BCUT2D eigenvalue weighted by Crippen LogP contribution is 2.30. The topological polar surface area (TPSA) is 58.5 Å². The molecule has 0 unspecified atom stereocenters. The second-order valence-electron chi connectivity index (χ2n) is 5.68. The van der Waals surface area contributed by atoms with Crippen LogP contribution in [0.15, 0.2) is 34.6 Å². The number of benzene rings is 1. The van der Waals surface area contributed by atoms with E-state index < -0.39 is 24.7 Å². The van der Waals surface area contributed by atoms with Gasteiger partial charge in [-0.15, -0.1) is 35.3 Å². The maximum atomic E-state index is 12.6. The third-order valence-corrected chi connectivity index (χ3v) is 4.21. The quantitative estimate of drug-likeness (QED) is 0.214. The van der Waals surface area contributed by atoms with Gasteiger partial charge in [0.1, 0.15) is 10.8 Å². The lowest BCUT2D eigenvalue weighted by Gasteiger charge is -2.13. The Bertz CT molecular complexity index is 825. The average molecular weight is 568 g/mol. The van der Waals surface area contributed by atoms with Crippen LogP contribution in [0.25, 0.3) is 0 Å². The van der Waals surface area contributed by atoms with Gasteiger partial charge in [0, 0.05) is 17.5 Å². The number of guanidine groups is 1. The van der Waals surface area contributed by atoms with Crippen molar-refractivity contribution in [2.75, 3.05) is 13.2 Å². The maximum absolute atomic E-state index is 12.6. The highest BCUT2D eigenvalue weighted by Gasteiger charge is 2.33. The first-order valence-corrected chi connectivity index (χ1v) is 9.27. The summed E-state index contributed by atoms with van der Waals surface area (Å²) in [5.41, 5.74) is -0.528. The van der Waals surface area contributed by atoms with Crippen molar-refractivity contribution in [3.05, 3.63) is 45.9 Å². The predicted molar refractivity (Wildman–Crippen MR) is 112 cm³/mol.